The van der Waals surface area contributed by atoms with Crippen LogP contribution >= 0.6 is 11.3 Å². The zero-order chi connectivity index (χ0) is 25.2. The Morgan fingerprint density at radius 1 is 1.17 bits per heavy atom. The van der Waals surface area contributed by atoms with Crippen LogP contribution in [0.15, 0.2) is 66.9 Å². The molecule has 2 aromatic heterocycles. The zero-order valence-electron chi connectivity index (χ0n) is 20.0. The lowest BCUT2D eigenvalue weighted by molar-refractivity contribution is -0.127. The normalized spacial score (nSPS) is 14.7. The molecule has 1 aliphatic rings. The van der Waals surface area contributed by atoms with Gasteiger partial charge in [-0.3, -0.25) is 19.5 Å². The number of hydrogen-bond acceptors (Lipinski definition) is 7. The Balaban J connectivity index is 1.43. The minimum absolute atomic E-state index is 0.149. The van der Waals surface area contributed by atoms with Gasteiger partial charge in [-0.25, -0.2) is 4.98 Å². The molecule has 1 aliphatic heterocycles. The van der Waals surface area contributed by atoms with Crippen molar-refractivity contribution in [2.75, 3.05) is 23.9 Å². The number of amides is 2. The fourth-order valence-corrected chi connectivity index (χ4v) is 4.91. The maximum Gasteiger partial charge on any atom is 0.268 e. The fourth-order valence-electron chi connectivity index (χ4n) is 4.00. The Hall–Kier alpha value is -4.24. The summed E-state index contributed by atoms with van der Waals surface area (Å²) in [4.78, 5) is 37.6. The summed E-state index contributed by atoms with van der Waals surface area (Å²) in [6.07, 6.45) is 1.04. The van der Waals surface area contributed by atoms with Crippen LogP contribution in [0.5, 0.6) is 11.5 Å². The molecule has 3 heterocycles. The number of carbonyl (C=O) groups is 2. The first-order chi connectivity index (χ1) is 17.4. The van der Waals surface area contributed by atoms with E-state index in [1.807, 2.05) is 43.3 Å². The lowest BCUT2D eigenvalue weighted by Crippen LogP contribution is -2.47. The van der Waals surface area contributed by atoms with Crippen LogP contribution in [-0.2, 0) is 9.59 Å². The van der Waals surface area contributed by atoms with Crippen molar-refractivity contribution >= 4 is 34.5 Å². The van der Waals surface area contributed by atoms with E-state index in [0.717, 1.165) is 26.8 Å². The van der Waals surface area contributed by atoms with Gasteiger partial charge in [0.05, 0.1) is 24.2 Å². The molecule has 2 aromatic carbocycles. The Labute approximate surface area is 212 Å². The van der Waals surface area contributed by atoms with E-state index < -0.39 is 6.10 Å². The van der Waals surface area contributed by atoms with Crippen LogP contribution in [0, 0.1) is 6.92 Å². The van der Waals surface area contributed by atoms with E-state index in [2.05, 4.69) is 10.3 Å². The van der Waals surface area contributed by atoms with Crippen LogP contribution in [0.1, 0.15) is 11.8 Å². The average Bonchev–Trinajstić information content (AvgIpc) is 3.29. The number of nitrogens with one attached hydrogen (secondary N) is 1. The first-order valence-electron chi connectivity index (χ1n) is 11.4. The first kappa shape index (κ1) is 23.5. The first-order valence-corrected chi connectivity index (χ1v) is 12.2. The van der Waals surface area contributed by atoms with Crippen molar-refractivity contribution in [3.8, 4) is 33.5 Å². The van der Waals surface area contributed by atoms with Crippen molar-refractivity contribution in [3.05, 3.63) is 71.7 Å². The lowest BCUT2D eigenvalue weighted by Gasteiger charge is -2.33. The molecule has 36 heavy (non-hydrogen) atoms. The molecule has 0 fully saturated rings. The van der Waals surface area contributed by atoms with E-state index in [9.17, 15) is 9.59 Å². The van der Waals surface area contributed by atoms with Gasteiger partial charge in [-0.2, -0.15) is 0 Å². The molecule has 0 saturated carbocycles. The van der Waals surface area contributed by atoms with Gasteiger partial charge in [0.25, 0.3) is 5.91 Å². The molecule has 0 bridgehead atoms. The molecule has 5 rings (SSSR count). The second-order valence-electron chi connectivity index (χ2n) is 8.28. The number of benzene rings is 2. The summed E-state index contributed by atoms with van der Waals surface area (Å²) in [5.74, 6) is 0.631. The number of methoxy groups -OCH3 is 1. The molecule has 0 saturated heterocycles. The summed E-state index contributed by atoms with van der Waals surface area (Å²) < 4.78 is 11.0. The Morgan fingerprint density at radius 3 is 2.69 bits per heavy atom. The van der Waals surface area contributed by atoms with Crippen molar-refractivity contribution < 1.29 is 19.1 Å². The van der Waals surface area contributed by atoms with Gasteiger partial charge >= 0.3 is 0 Å². The Bertz CT molecular complexity index is 1420. The van der Waals surface area contributed by atoms with E-state index in [0.29, 0.717) is 22.9 Å². The molecule has 9 heteroatoms. The Morgan fingerprint density at radius 2 is 1.97 bits per heavy atom. The zero-order valence-corrected chi connectivity index (χ0v) is 20.8. The molecule has 0 aliphatic carbocycles. The van der Waals surface area contributed by atoms with Crippen LogP contribution in [0.25, 0.3) is 22.0 Å². The van der Waals surface area contributed by atoms with E-state index in [4.69, 9.17) is 14.5 Å². The third kappa shape index (κ3) is 4.65. The molecule has 1 N–H and O–H groups in total. The highest BCUT2D eigenvalue weighted by Gasteiger charge is 2.33. The SMILES string of the molecule is COc1ccc(NC(=O)CN2C(=O)C(C)Oc3ccc(-c4nc(-c5ccccn5)sc4C)cc32)cc1. The molecule has 8 nitrogen and oxygen atoms in total. The molecule has 182 valence electrons. The average molecular weight is 501 g/mol. The molecule has 1 unspecified atom stereocenters. The van der Waals surface area contributed by atoms with Crippen molar-refractivity contribution in [1.82, 2.24) is 9.97 Å². The summed E-state index contributed by atoms with van der Waals surface area (Å²) in [5, 5.41) is 3.65. The number of aryl methyl sites for hydroxylation is 1. The fraction of sp³-hybridized carbons (Fsp3) is 0.185. The molecule has 2 amide bonds. The number of fused-ring (bicyclic) bond motifs is 1. The maximum atomic E-state index is 13.0. The van der Waals surface area contributed by atoms with Gasteiger partial charge in [0.15, 0.2) is 6.10 Å². The van der Waals surface area contributed by atoms with Gasteiger partial charge in [0.2, 0.25) is 5.91 Å². The molecule has 1 atom stereocenters. The summed E-state index contributed by atoms with van der Waals surface area (Å²) >= 11 is 1.56. The smallest absolute Gasteiger partial charge is 0.268 e. The number of hydrogen-bond donors (Lipinski definition) is 1. The number of carbonyl (C=O) groups excluding carboxylic acids is 2. The largest absolute Gasteiger partial charge is 0.497 e. The quantitative estimate of drug-likeness (QED) is 0.403. The van der Waals surface area contributed by atoms with Crippen LogP contribution in [-0.4, -0.2) is 41.5 Å². The van der Waals surface area contributed by atoms with Gasteiger partial charge in [0.1, 0.15) is 23.1 Å². The number of aromatic nitrogens is 2. The molecule has 4 aromatic rings. The number of ether oxygens (including phenoxy) is 2. The highest BCUT2D eigenvalue weighted by molar-refractivity contribution is 7.15. The third-order valence-electron chi connectivity index (χ3n) is 5.80. The van der Waals surface area contributed by atoms with Gasteiger partial charge in [-0.1, -0.05) is 6.07 Å². The molecular formula is C27H24N4O4S. The molecule has 0 spiro atoms. The predicted molar refractivity (Wildman–Crippen MR) is 140 cm³/mol. The van der Waals surface area contributed by atoms with Crippen LogP contribution < -0.4 is 19.7 Å². The van der Waals surface area contributed by atoms with Crippen LogP contribution in [0.2, 0.25) is 0 Å². The highest BCUT2D eigenvalue weighted by Crippen LogP contribution is 2.40. The van der Waals surface area contributed by atoms with Crippen LogP contribution in [0.4, 0.5) is 11.4 Å². The second kappa shape index (κ2) is 9.79. The number of pyridine rings is 1. The Kier molecular flexibility index (Phi) is 6.39. The highest BCUT2D eigenvalue weighted by atomic mass is 32.1. The summed E-state index contributed by atoms with van der Waals surface area (Å²) in [7, 11) is 1.58. The van der Waals surface area contributed by atoms with E-state index in [1.165, 1.54) is 4.90 Å². The third-order valence-corrected chi connectivity index (χ3v) is 6.79. The number of rotatable bonds is 6. The van der Waals surface area contributed by atoms with E-state index in [-0.39, 0.29) is 18.4 Å². The van der Waals surface area contributed by atoms with Crippen molar-refractivity contribution in [3.63, 3.8) is 0 Å². The van der Waals surface area contributed by atoms with Crippen molar-refractivity contribution in [2.24, 2.45) is 0 Å². The molecular weight excluding hydrogens is 476 g/mol. The van der Waals surface area contributed by atoms with Crippen molar-refractivity contribution in [1.29, 1.82) is 0 Å². The monoisotopic (exact) mass is 500 g/mol. The maximum absolute atomic E-state index is 13.0. The predicted octanol–water partition coefficient (Wildman–Crippen LogP) is 4.94. The minimum atomic E-state index is -0.700. The summed E-state index contributed by atoms with van der Waals surface area (Å²) in [6.45, 7) is 3.53. The lowest BCUT2D eigenvalue weighted by atomic mass is 10.1. The second-order valence-corrected chi connectivity index (χ2v) is 9.49. The standard InChI is InChI=1S/C27H24N4O4S/c1-16-27(33)31(15-24(32)29-19-8-10-20(34-3)11-9-19)22-14-18(7-12-23(22)35-16)25-17(2)36-26(30-25)21-6-4-5-13-28-21/h4-14,16H,15H2,1-3H3,(H,29,32). The number of nitrogens with zero attached hydrogens (tertiary/aromatic N) is 3. The molecule has 0 radical (unpaired) electrons. The summed E-state index contributed by atoms with van der Waals surface area (Å²) in [5.41, 5.74) is 3.59. The van der Waals surface area contributed by atoms with Crippen molar-refractivity contribution in [2.45, 2.75) is 20.0 Å². The summed E-state index contributed by atoms with van der Waals surface area (Å²) in [6, 6.07) is 18.3. The number of thiazole rings is 1. The van der Waals surface area contributed by atoms with Gasteiger partial charge in [-0.15, -0.1) is 11.3 Å². The van der Waals surface area contributed by atoms with E-state index in [1.54, 1.807) is 55.8 Å². The van der Waals surface area contributed by atoms with E-state index >= 15 is 0 Å². The van der Waals surface area contributed by atoms with Gasteiger partial charge in [0, 0.05) is 22.3 Å². The van der Waals surface area contributed by atoms with Crippen LogP contribution in [0.3, 0.4) is 0 Å². The van der Waals surface area contributed by atoms with Gasteiger partial charge < -0.3 is 14.8 Å². The number of anilines is 2. The minimum Gasteiger partial charge on any atom is -0.497 e. The topological polar surface area (TPSA) is 93.7 Å². The van der Waals surface area contributed by atoms with Gasteiger partial charge in [-0.05, 0) is 68.4 Å².